The number of aryl methyl sites for hydroxylation is 1. The highest BCUT2D eigenvalue weighted by molar-refractivity contribution is 9.10. The molecule has 0 radical (unpaired) electrons. The average molecular weight is 269 g/mol. The van der Waals surface area contributed by atoms with Crippen LogP contribution in [0.2, 0.25) is 0 Å². The monoisotopic (exact) mass is 268 g/mol. The van der Waals surface area contributed by atoms with Crippen LogP contribution in [-0.2, 0) is 0 Å². The van der Waals surface area contributed by atoms with E-state index in [1.807, 2.05) is 19.1 Å². The Balaban J connectivity index is 1.86. The molecule has 1 aliphatic rings. The van der Waals surface area contributed by atoms with Gasteiger partial charge >= 0.3 is 0 Å². The summed E-state index contributed by atoms with van der Waals surface area (Å²) < 4.78 is 1.07. The first kappa shape index (κ1) is 10.9. The van der Waals surface area contributed by atoms with E-state index >= 15 is 0 Å². The molecular formula is C12H17BrN2. The Labute approximate surface area is 99.6 Å². The zero-order valence-corrected chi connectivity index (χ0v) is 10.8. The molecule has 82 valence electrons. The minimum absolute atomic E-state index is 0.853. The van der Waals surface area contributed by atoms with Crippen LogP contribution in [0.4, 0.5) is 5.82 Å². The van der Waals surface area contributed by atoms with Crippen molar-refractivity contribution in [1.29, 1.82) is 0 Å². The molecule has 0 saturated heterocycles. The van der Waals surface area contributed by atoms with Gasteiger partial charge in [0.25, 0.3) is 0 Å². The molecule has 0 amide bonds. The second kappa shape index (κ2) is 4.52. The predicted octanol–water partition coefficient (Wildman–Crippen LogP) is 3.61. The van der Waals surface area contributed by atoms with E-state index in [9.17, 15) is 0 Å². The zero-order valence-electron chi connectivity index (χ0n) is 9.26. The van der Waals surface area contributed by atoms with Crippen molar-refractivity contribution < 1.29 is 0 Å². The van der Waals surface area contributed by atoms with E-state index in [1.165, 1.54) is 12.8 Å². The van der Waals surface area contributed by atoms with Gasteiger partial charge in [-0.1, -0.05) is 6.92 Å². The van der Waals surface area contributed by atoms with Crippen LogP contribution >= 0.6 is 15.9 Å². The van der Waals surface area contributed by atoms with Crippen LogP contribution in [0, 0.1) is 18.8 Å². The summed E-state index contributed by atoms with van der Waals surface area (Å²) in [4.78, 5) is 4.46. The summed E-state index contributed by atoms with van der Waals surface area (Å²) in [5.74, 6) is 2.78. The molecular weight excluding hydrogens is 252 g/mol. The van der Waals surface area contributed by atoms with Crippen LogP contribution in [0.1, 0.15) is 25.5 Å². The van der Waals surface area contributed by atoms with Gasteiger partial charge in [0.05, 0.1) is 5.69 Å². The zero-order chi connectivity index (χ0) is 10.8. The van der Waals surface area contributed by atoms with Gasteiger partial charge in [0.1, 0.15) is 5.82 Å². The molecule has 1 saturated carbocycles. The maximum atomic E-state index is 4.46. The summed E-state index contributed by atoms with van der Waals surface area (Å²) in [6.45, 7) is 5.40. The third-order valence-corrected chi connectivity index (χ3v) is 3.90. The Morgan fingerprint density at radius 3 is 2.80 bits per heavy atom. The first-order valence-corrected chi connectivity index (χ1v) is 6.31. The fourth-order valence-corrected chi connectivity index (χ4v) is 2.35. The fourth-order valence-electron chi connectivity index (χ4n) is 2.13. The van der Waals surface area contributed by atoms with Gasteiger partial charge in [-0.3, -0.25) is 0 Å². The molecule has 15 heavy (non-hydrogen) atoms. The summed E-state index contributed by atoms with van der Waals surface area (Å²) in [6.07, 6.45) is 2.73. The lowest BCUT2D eigenvalue weighted by Crippen LogP contribution is -2.27. The smallest absolute Gasteiger partial charge is 0.126 e. The number of nitrogens with one attached hydrogen (secondary N) is 1. The molecule has 3 heteroatoms. The number of aromatic nitrogens is 1. The molecule has 0 atom stereocenters. The third-order valence-electron chi connectivity index (χ3n) is 3.06. The molecule has 2 rings (SSSR count). The molecule has 2 nitrogen and oxygen atoms in total. The summed E-state index contributed by atoms with van der Waals surface area (Å²) in [5.41, 5.74) is 1.04. The Hall–Kier alpha value is -0.570. The summed E-state index contributed by atoms with van der Waals surface area (Å²) in [7, 11) is 0. The molecule has 1 aromatic heterocycles. The van der Waals surface area contributed by atoms with E-state index in [1.54, 1.807) is 0 Å². The van der Waals surface area contributed by atoms with E-state index in [0.717, 1.165) is 34.4 Å². The lowest BCUT2D eigenvalue weighted by Gasteiger charge is -2.32. The molecule has 0 aliphatic heterocycles. The molecule has 0 bridgehead atoms. The quantitative estimate of drug-likeness (QED) is 0.906. The Morgan fingerprint density at radius 2 is 2.20 bits per heavy atom. The summed E-state index contributed by atoms with van der Waals surface area (Å²) in [6, 6.07) is 4.08. The number of anilines is 1. The summed E-state index contributed by atoms with van der Waals surface area (Å²) >= 11 is 3.45. The van der Waals surface area contributed by atoms with Crippen LogP contribution in [0.15, 0.2) is 16.6 Å². The van der Waals surface area contributed by atoms with E-state index < -0.39 is 0 Å². The van der Waals surface area contributed by atoms with Crippen molar-refractivity contribution in [3.63, 3.8) is 0 Å². The second-order valence-electron chi connectivity index (χ2n) is 4.59. The van der Waals surface area contributed by atoms with Crippen molar-refractivity contribution in [3.8, 4) is 0 Å². The van der Waals surface area contributed by atoms with Crippen LogP contribution in [0.5, 0.6) is 0 Å². The van der Waals surface area contributed by atoms with Crippen LogP contribution in [-0.4, -0.2) is 11.5 Å². The van der Waals surface area contributed by atoms with Crippen LogP contribution in [0.25, 0.3) is 0 Å². The first-order chi connectivity index (χ1) is 7.15. The highest BCUT2D eigenvalue weighted by Crippen LogP contribution is 2.32. The first-order valence-electron chi connectivity index (χ1n) is 5.52. The van der Waals surface area contributed by atoms with Crippen LogP contribution in [0.3, 0.4) is 0 Å². The van der Waals surface area contributed by atoms with Crippen molar-refractivity contribution in [3.05, 3.63) is 22.3 Å². The minimum Gasteiger partial charge on any atom is -0.370 e. The number of rotatable bonds is 3. The average Bonchev–Trinajstić information content (AvgIpc) is 2.16. The molecule has 1 fully saturated rings. The van der Waals surface area contributed by atoms with Crippen molar-refractivity contribution in [2.45, 2.75) is 26.7 Å². The highest BCUT2D eigenvalue weighted by atomic mass is 79.9. The number of pyridine rings is 1. The molecule has 1 aliphatic carbocycles. The molecule has 1 aromatic rings. The largest absolute Gasteiger partial charge is 0.370 e. The molecule has 0 spiro atoms. The Kier molecular flexibility index (Phi) is 3.29. The lowest BCUT2D eigenvalue weighted by molar-refractivity contribution is 0.225. The molecule has 1 heterocycles. The SMILES string of the molecule is Cc1nc(NCC2CC(C)C2)ccc1Br. The van der Waals surface area contributed by atoms with Gasteiger partial charge in [-0.25, -0.2) is 4.98 Å². The Morgan fingerprint density at radius 1 is 1.47 bits per heavy atom. The van der Waals surface area contributed by atoms with Crippen molar-refractivity contribution in [2.24, 2.45) is 11.8 Å². The maximum Gasteiger partial charge on any atom is 0.126 e. The second-order valence-corrected chi connectivity index (χ2v) is 5.44. The number of hydrogen-bond acceptors (Lipinski definition) is 2. The van der Waals surface area contributed by atoms with Gasteiger partial charge in [0, 0.05) is 11.0 Å². The van der Waals surface area contributed by atoms with Crippen molar-refractivity contribution >= 4 is 21.7 Å². The Bertz CT molecular complexity index is 345. The third kappa shape index (κ3) is 2.71. The van der Waals surface area contributed by atoms with Crippen LogP contribution < -0.4 is 5.32 Å². The van der Waals surface area contributed by atoms with Gasteiger partial charge in [-0.2, -0.15) is 0 Å². The van der Waals surface area contributed by atoms with Gasteiger partial charge in [0.15, 0.2) is 0 Å². The topological polar surface area (TPSA) is 24.9 Å². The fraction of sp³-hybridized carbons (Fsp3) is 0.583. The minimum atomic E-state index is 0.853. The van der Waals surface area contributed by atoms with E-state index in [2.05, 4.69) is 33.2 Å². The normalized spacial score (nSPS) is 24.7. The van der Waals surface area contributed by atoms with Crippen molar-refractivity contribution in [1.82, 2.24) is 4.98 Å². The number of hydrogen-bond donors (Lipinski definition) is 1. The van der Waals surface area contributed by atoms with E-state index in [-0.39, 0.29) is 0 Å². The van der Waals surface area contributed by atoms with Gasteiger partial charge in [0.2, 0.25) is 0 Å². The van der Waals surface area contributed by atoms with E-state index in [4.69, 9.17) is 0 Å². The molecule has 0 unspecified atom stereocenters. The maximum absolute atomic E-state index is 4.46. The van der Waals surface area contributed by atoms with Gasteiger partial charge in [-0.05, 0) is 59.7 Å². The molecule has 1 N–H and O–H groups in total. The summed E-state index contributed by atoms with van der Waals surface area (Å²) in [5, 5.41) is 3.40. The lowest BCUT2D eigenvalue weighted by atomic mass is 9.76. The number of halogens is 1. The number of nitrogens with zero attached hydrogens (tertiary/aromatic N) is 1. The predicted molar refractivity (Wildman–Crippen MR) is 67.1 cm³/mol. The standard InChI is InChI=1S/C12H17BrN2/c1-8-5-10(6-8)7-14-12-4-3-11(13)9(2)15-12/h3-4,8,10H,5-7H2,1-2H3,(H,14,15). The van der Waals surface area contributed by atoms with Gasteiger partial charge in [-0.15, -0.1) is 0 Å². The van der Waals surface area contributed by atoms with Crippen molar-refractivity contribution in [2.75, 3.05) is 11.9 Å². The molecule has 0 aromatic carbocycles. The van der Waals surface area contributed by atoms with Gasteiger partial charge < -0.3 is 5.32 Å². The van der Waals surface area contributed by atoms with E-state index in [0.29, 0.717) is 0 Å². The highest BCUT2D eigenvalue weighted by Gasteiger charge is 2.24.